The zero-order valence-electron chi connectivity index (χ0n) is 40.6. The molecule has 14 nitrogen and oxygen atoms in total. The number of hydrogen-bond acceptors (Lipinski definition) is 14. The number of hydrogen-bond donors (Lipinski definition) is 4. The van der Waals surface area contributed by atoms with Gasteiger partial charge in [-0.15, -0.1) is 0 Å². The van der Waals surface area contributed by atoms with Gasteiger partial charge < -0.3 is 42.5 Å². The molecule has 0 saturated heterocycles. The minimum Gasteiger partial charge on any atom is -0.463 e. The quantitative estimate of drug-likeness (QED) is 0.0226. The van der Waals surface area contributed by atoms with Crippen molar-refractivity contribution >= 4 is 58.8 Å². The van der Waals surface area contributed by atoms with Crippen LogP contribution in [0.5, 0.6) is 0 Å². The van der Waals surface area contributed by atoms with Gasteiger partial charge in [0.25, 0.3) is 0 Å². The lowest BCUT2D eigenvalue weighted by Crippen LogP contribution is -2.47. The lowest BCUT2D eigenvalue weighted by Gasteiger charge is -2.36. The Kier molecular flexibility index (Phi) is 26.0. The Morgan fingerprint density at radius 2 is 1.22 bits per heavy atom. The monoisotopic (exact) mass is 1060 g/mol. The number of halogens is 1. The molecule has 2 aliphatic carbocycles. The number of allylic oxidation sites excluding steroid dienone is 20. The third-order valence-corrected chi connectivity index (χ3v) is 12.0. The van der Waals surface area contributed by atoms with Crippen molar-refractivity contribution in [1.82, 2.24) is 0 Å². The summed E-state index contributed by atoms with van der Waals surface area (Å²) < 4.78 is 20.5. The number of aldehydes is 1. The summed E-state index contributed by atoms with van der Waals surface area (Å²) in [6.07, 6.45) is 19.9. The van der Waals surface area contributed by atoms with Gasteiger partial charge in [-0.25, -0.2) is 0 Å². The average Bonchev–Trinajstić information content (AvgIpc) is 3.28. The maximum absolute atomic E-state index is 13.3. The number of ketones is 2. The zero-order valence-corrected chi connectivity index (χ0v) is 42.8. The predicted molar refractivity (Wildman–Crippen MR) is 268 cm³/mol. The van der Waals surface area contributed by atoms with Crippen LogP contribution in [0.25, 0.3) is 0 Å². The Bertz CT molecular complexity index is 2150. The molecule has 2 aliphatic rings. The average molecular weight is 1060 g/mol. The molecule has 0 radical (unpaired) electrons. The molecule has 0 heterocycles. The number of Topliss-reactive ketones (excluding diaryl/α,β-unsaturated/α-hetero) is 2. The molecule has 0 aromatic heterocycles. The van der Waals surface area contributed by atoms with Gasteiger partial charge in [-0.2, -0.15) is 0 Å². The first kappa shape index (κ1) is 59.2. The van der Waals surface area contributed by atoms with E-state index in [1.807, 2.05) is 134 Å². The fraction of sp³-hybridized carbons (Fsp3) is 0.472. The van der Waals surface area contributed by atoms with Crippen LogP contribution < -0.4 is 0 Å². The number of ether oxygens (including phenoxy) is 3. The Morgan fingerprint density at radius 3 is 1.78 bits per heavy atom. The van der Waals surface area contributed by atoms with Crippen molar-refractivity contribution in [2.45, 2.75) is 137 Å². The Morgan fingerprint density at radius 1 is 0.721 bits per heavy atom. The second kappa shape index (κ2) is 29.9. The largest absolute Gasteiger partial charge is 0.463 e. The minimum atomic E-state index is -1.78. The van der Waals surface area contributed by atoms with Crippen LogP contribution >= 0.6 is 23.0 Å². The van der Waals surface area contributed by atoms with E-state index in [0.29, 0.717) is 23.9 Å². The number of rotatable bonds is 25. The smallest absolute Gasteiger partial charge is 0.307 e. The van der Waals surface area contributed by atoms with Crippen LogP contribution in [0.3, 0.4) is 0 Å². The molecule has 0 aromatic carbocycles. The van der Waals surface area contributed by atoms with E-state index in [1.165, 1.54) is 23.0 Å². The molecule has 15 heteroatoms. The standard InChI is InChI=1S/C53H69IO14/c1-33(17-12-19-35(3)22-24-40-37(5)29-43(49(61)38(40)6)66-47(59)21-14-28-55)15-10-11-16-34(2)18-13-20-36(4)23-25-41-39(7)50(62)44(30-53(41,8)9)67-48(60)27-26-46(58)65-32-42(57)51(63)52(64)45(31-56)68-54/h10-13,15-20,22-25,28,37,42-45,51-52,56-57,63-64H,14,21,26-27,29-32H2,1-9H3/b11-10+,17-12+,18-13+,24-22+,25-23+,33-15+,34-16+,35-19+,36-20+. The fourth-order valence-corrected chi connectivity index (χ4v) is 7.73. The first-order chi connectivity index (χ1) is 32.1. The minimum absolute atomic E-state index is 0.0251. The van der Waals surface area contributed by atoms with Crippen LogP contribution in [0.1, 0.15) is 101 Å². The molecule has 7 unspecified atom stereocenters. The summed E-state index contributed by atoms with van der Waals surface area (Å²) in [5, 5.41) is 39.3. The summed E-state index contributed by atoms with van der Waals surface area (Å²) in [6, 6.07) is 0. The number of esters is 3. The van der Waals surface area contributed by atoms with Crippen LogP contribution in [0.15, 0.2) is 130 Å². The lowest BCUT2D eigenvalue weighted by molar-refractivity contribution is -0.160. The van der Waals surface area contributed by atoms with Crippen LogP contribution in [-0.2, 0) is 46.0 Å². The molecule has 372 valence electrons. The SMILES string of the molecule is CC1=C(/C=C/C(C)=C/C=C/C(C)=C/C=C/C=C(C)/C=C/C=C(C)/C=C/C2=C(C)C(=O)C(OC(=O)CCC(=O)OCC(O)C(O)C(O)C(CO)OI)CC2(C)C)C(C)CC(OC(=O)CCC=O)C1=O. The highest BCUT2D eigenvalue weighted by Gasteiger charge is 2.40. The fourth-order valence-electron chi connectivity index (χ4n) is 7.27. The van der Waals surface area contributed by atoms with Crippen molar-refractivity contribution in [2.24, 2.45) is 11.3 Å². The van der Waals surface area contributed by atoms with Crippen molar-refractivity contribution in [2.75, 3.05) is 13.2 Å². The van der Waals surface area contributed by atoms with Gasteiger partial charge in [0.05, 0.1) is 25.9 Å². The summed E-state index contributed by atoms with van der Waals surface area (Å²) in [7, 11) is 0. The highest BCUT2D eigenvalue weighted by atomic mass is 127. The van der Waals surface area contributed by atoms with E-state index in [1.54, 1.807) is 13.8 Å². The molecule has 0 aromatic rings. The molecule has 0 saturated carbocycles. The van der Waals surface area contributed by atoms with Crippen LogP contribution in [0, 0.1) is 11.3 Å². The second-order valence-electron chi connectivity index (χ2n) is 17.7. The van der Waals surface area contributed by atoms with Crippen LogP contribution in [-0.4, -0.2) is 106 Å². The first-order valence-corrected chi connectivity index (χ1v) is 23.4. The number of carbonyl (C=O) groups excluding carboxylic acids is 6. The molecule has 68 heavy (non-hydrogen) atoms. The molecule has 2 rings (SSSR count). The maximum atomic E-state index is 13.3. The van der Waals surface area contributed by atoms with Crippen molar-refractivity contribution in [3.63, 3.8) is 0 Å². The molecule has 4 N–H and O–H groups in total. The van der Waals surface area contributed by atoms with E-state index in [-0.39, 0.29) is 43.2 Å². The molecule has 0 spiro atoms. The van der Waals surface area contributed by atoms with Crippen molar-refractivity contribution in [3.05, 3.63) is 130 Å². The summed E-state index contributed by atoms with van der Waals surface area (Å²) >= 11 is 1.43. The van der Waals surface area contributed by atoms with E-state index in [9.17, 15) is 49.2 Å². The number of carbonyl (C=O) groups is 6. The Balaban J connectivity index is 1.91. The molecule has 0 fully saturated rings. The number of aliphatic hydroxyl groups is 4. The van der Waals surface area contributed by atoms with Crippen molar-refractivity contribution < 1.29 is 66.5 Å². The summed E-state index contributed by atoms with van der Waals surface area (Å²) in [5.41, 5.74) is 6.30. The van der Waals surface area contributed by atoms with E-state index in [0.717, 1.165) is 33.4 Å². The molecular formula is C53H69IO14. The molecule has 7 atom stereocenters. The highest BCUT2D eigenvalue weighted by Crippen LogP contribution is 2.41. The van der Waals surface area contributed by atoms with Gasteiger partial charge >= 0.3 is 17.9 Å². The van der Waals surface area contributed by atoms with Crippen LogP contribution in [0.4, 0.5) is 0 Å². The summed E-state index contributed by atoms with van der Waals surface area (Å²) in [6.45, 7) is 16.0. The van der Waals surface area contributed by atoms with Crippen molar-refractivity contribution in [3.8, 4) is 0 Å². The third-order valence-electron chi connectivity index (χ3n) is 11.4. The zero-order chi connectivity index (χ0) is 51.1. The van der Waals surface area contributed by atoms with E-state index in [4.69, 9.17) is 17.3 Å². The molecular weight excluding hydrogens is 987 g/mol. The Hall–Kier alpha value is -4.91. The topological polar surface area (TPSA) is 220 Å². The van der Waals surface area contributed by atoms with Gasteiger partial charge in [0.2, 0.25) is 0 Å². The van der Waals surface area contributed by atoms with Crippen molar-refractivity contribution in [1.29, 1.82) is 0 Å². The lowest BCUT2D eigenvalue weighted by atomic mass is 9.71. The van der Waals surface area contributed by atoms with Gasteiger partial charge in [0.1, 0.15) is 60.3 Å². The molecule has 0 amide bonds. The number of aliphatic hydroxyl groups excluding tert-OH is 4. The van der Waals surface area contributed by atoms with Crippen LogP contribution in [0.2, 0.25) is 0 Å². The highest BCUT2D eigenvalue weighted by molar-refractivity contribution is 14.1. The van der Waals surface area contributed by atoms with E-state index < -0.39 is 79.6 Å². The van der Waals surface area contributed by atoms with E-state index in [2.05, 4.69) is 0 Å². The molecule has 0 bridgehead atoms. The van der Waals surface area contributed by atoms with Gasteiger partial charge in [-0.1, -0.05) is 128 Å². The Labute approximate surface area is 415 Å². The second-order valence-corrected chi connectivity index (χ2v) is 18.2. The van der Waals surface area contributed by atoms with Gasteiger partial charge in [-0.3, -0.25) is 24.0 Å². The first-order valence-electron chi connectivity index (χ1n) is 22.6. The van der Waals surface area contributed by atoms with Gasteiger partial charge in [-0.05, 0) is 81.6 Å². The van der Waals surface area contributed by atoms with Gasteiger partial charge in [0.15, 0.2) is 23.8 Å². The molecule has 0 aliphatic heterocycles. The summed E-state index contributed by atoms with van der Waals surface area (Å²) in [4.78, 5) is 73.5. The third kappa shape index (κ3) is 20.0. The normalized spacial score (nSPS) is 21.9. The maximum Gasteiger partial charge on any atom is 0.307 e. The van der Waals surface area contributed by atoms with E-state index >= 15 is 0 Å². The summed E-state index contributed by atoms with van der Waals surface area (Å²) in [5.74, 6) is -2.68. The predicted octanol–water partition coefficient (Wildman–Crippen LogP) is 7.73. The van der Waals surface area contributed by atoms with Gasteiger partial charge in [0, 0.05) is 12.8 Å².